The van der Waals surface area contributed by atoms with Crippen molar-refractivity contribution in [3.63, 3.8) is 0 Å². The molecule has 1 aromatic heterocycles. The number of halogens is 1. The number of thiophene rings is 1. The second-order valence-electron chi connectivity index (χ2n) is 3.26. The zero-order valence-corrected chi connectivity index (χ0v) is 10.3. The van der Waals surface area contributed by atoms with Gasteiger partial charge in [0, 0.05) is 15.1 Å². The molecule has 1 aliphatic heterocycles. The molecule has 0 radical (unpaired) electrons. The van der Waals surface area contributed by atoms with Crippen LogP contribution in [0.15, 0.2) is 15.9 Å². The van der Waals surface area contributed by atoms with Gasteiger partial charge in [-0.1, -0.05) is 0 Å². The van der Waals surface area contributed by atoms with Crippen molar-refractivity contribution in [1.82, 2.24) is 0 Å². The lowest BCUT2D eigenvalue weighted by molar-refractivity contribution is 0.150. The fourth-order valence-corrected chi connectivity index (χ4v) is 4.39. The number of aliphatic hydroxyl groups is 1. The Balaban J connectivity index is 2.01. The van der Waals surface area contributed by atoms with Crippen LogP contribution in [-0.2, 0) is 6.42 Å². The summed E-state index contributed by atoms with van der Waals surface area (Å²) in [4.78, 5) is 1.37. The smallest absolute Gasteiger partial charge is 0.0670 e. The fraction of sp³-hybridized carbons (Fsp3) is 0.556. The Bertz CT molecular complexity index is 287. The molecule has 13 heavy (non-hydrogen) atoms. The number of aliphatic hydroxyl groups excluding tert-OH is 1. The van der Waals surface area contributed by atoms with Gasteiger partial charge in [-0.15, -0.1) is 11.3 Å². The number of hydrogen-bond acceptors (Lipinski definition) is 3. The van der Waals surface area contributed by atoms with Crippen molar-refractivity contribution < 1.29 is 5.11 Å². The molecule has 1 aromatic rings. The first-order valence-corrected chi connectivity index (χ1v) is 7.08. The van der Waals surface area contributed by atoms with Gasteiger partial charge in [-0.3, -0.25) is 0 Å². The van der Waals surface area contributed by atoms with E-state index in [2.05, 4.69) is 27.4 Å². The van der Waals surface area contributed by atoms with E-state index in [1.807, 2.05) is 11.8 Å². The van der Waals surface area contributed by atoms with Crippen molar-refractivity contribution in [1.29, 1.82) is 0 Å². The third kappa shape index (κ3) is 2.29. The normalized spacial score (nSPS) is 28.2. The first-order chi connectivity index (χ1) is 6.27. The average Bonchev–Trinajstić information content (AvgIpc) is 2.65. The molecule has 0 spiro atoms. The van der Waals surface area contributed by atoms with E-state index < -0.39 is 0 Å². The van der Waals surface area contributed by atoms with Gasteiger partial charge < -0.3 is 5.11 Å². The highest BCUT2D eigenvalue weighted by Gasteiger charge is 2.26. The largest absolute Gasteiger partial charge is 0.392 e. The third-order valence-corrected chi connectivity index (χ3v) is 5.49. The van der Waals surface area contributed by atoms with Gasteiger partial charge in [-0.05, 0) is 45.5 Å². The molecule has 2 rings (SSSR count). The summed E-state index contributed by atoms with van der Waals surface area (Å²) in [6.45, 7) is 0. The summed E-state index contributed by atoms with van der Waals surface area (Å²) in [5.74, 6) is 2.47. The monoisotopic (exact) mass is 278 g/mol. The van der Waals surface area contributed by atoms with Crippen LogP contribution in [0.3, 0.4) is 0 Å². The molecule has 0 aliphatic carbocycles. The molecular weight excluding hydrogens is 268 g/mol. The highest BCUT2D eigenvalue weighted by Crippen LogP contribution is 2.31. The summed E-state index contributed by atoms with van der Waals surface area (Å²) in [5, 5.41) is 11.7. The lowest BCUT2D eigenvalue weighted by Gasteiger charge is -2.11. The SMILES string of the molecule is OC1CSCC1Cc1sccc1Br. The lowest BCUT2D eigenvalue weighted by Crippen LogP contribution is -2.19. The van der Waals surface area contributed by atoms with Crippen LogP contribution in [-0.4, -0.2) is 22.7 Å². The van der Waals surface area contributed by atoms with Gasteiger partial charge in [0.15, 0.2) is 0 Å². The standard InChI is InChI=1S/C9H11BrOS2/c10-7-1-2-13-9(7)3-6-4-12-5-8(6)11/h1-2,6,8,11H,3-5H2. The number of rotatable bonds is 2. The molecule has 2 atom stereocenters. The van der Waals surface area contributed by atoms with Crippen LogP contribution in [0.25, 0.3) is 0 Å². The van der Waals surface area contributed by atoms with E-state index in [-0.39, 0.29) is 6.10 Å². The first kappa shape index (κ1) is 10.0. The van der Waals surface area contributed by atoms with Crippen molar-refractivity contribution in [2.75, 3.05) is 11.5 Å². The van der Waals surface area contributed by atoms with Gasteiger partial charge in [0.2, 0.25) is 0 Å². The molecule has 72 valence electrons. The minimum Gasteiger partial charge on any atom is -0.392 e. The molecule has 0 saturated carbocycles. The van der Waals surface area contributed by atoms with E-state index in [0.717, 1.165) is 17.9 Å². The highest BCUT2D eigenvalue weighted by molar-refractivity contribution is 9.10. The molecule has 0 aromatic carbocycles. The highest BCUT2D eigenvalue weighted by atomic mass is 79.9. The van der Waals surface area contributed by atoms with E-state index in [1.54, 1.807) is 11.3 Å². The zero-order valence-electron chi connectivity index (χ0n) is 7.07. The van der Waals surface area contributed by atoms with Gasteiger partial charge in [0.1, 0.15) is 0 Å². The lowest BCUT2D eigenvalue weighted by atomic mass is 10.0. The maximum Gasteiger partial charge on any atom is 0.0670 e. The van der Waals surface area contributed by atoms with Crippen molar-refractivity contribution in [2.24, 2.45) is 5.92 Å². The summed E-state index contributed by atoms with van der Waals surface area (Å²) >= 11 is 7.14. The second kappa shape index (κ2) is 4.34. The molecule has 0 bridgehead atoms. The molecule has 2 heterocycles. The van der Waals surface area contributed by atoms with E-state index in [1.165, 1.54) is 9.35 Å². The average molecular weight is 279 g/mol. The molecule has 1 N–H and O–H groups in total. The van der Waals surface area contributed by atoms with E-state index >= 15 is 0 Å². The van der Waals surface area contributed by atoms with Gasteiger partial charge in [0.25, 0.3) is 0 Å². The van der Waals surface area contributed by atoms with Gasteiger partial charge in [-0.25, -0.2) is 0 Å². The quantitative estimate of drug-likeness (QED) is 0.898. The van der Waals surface area contributed by atoms with Crippen LogP contribution in [0.2, 0.25) is 0 Å². The van der Waals surface area contributed by atoms with Gasteiger partial charge in [0.05, 0.1) is 6.10 Å². The first-order valence-electron chi connectivity index (χ1n) is 4.25. The molecule has 4 heteroatoms. The van der Waals surface area contributed by atoms with Crippen LogP contribution in [0.5, 0.6) is 0 Å². The van der Waals surface area contributed by atoms with Crippen LogP contribution in [0.1, 0.15) is 4.88 Å². The zero-order chi connectivity index (χ0) is 9.26. The van der Waals surface area contributed by atoms with Crippen molar-refractivity contribution in [2.45, 2.75) is 12.5 Å². The molecule has 1 fully saturated rings. The van der Waals surface area contributed by atoms with Gasteiger partial charge in [-0.2, -0.15) is 11.8 Å². The van der Waals surface area contributed by atoms with Crippen molar-refractivity contribution >= 4 is 39.0 Å². The fourth-order valence-electron chi connectivity index (χ4n) is 1.49. The van der Waals surface area contributed by atoms with E-state index in [4.69, 9.17) is 0 Å². The summed E-state index contributed by atoms with van der Waals surface area (Å²) in [6, 6.07) is 2.08. The Morgan fingerprint density at radius 1 is 1.54 bits per heavy atom. The summed E-state index contributed by atoms with van der Waals surface area (Å²) in [6.07, 6.45) is 0.922. The summed E-state index contributed by atoms with van der Waals surface area (Å²) in [5.41, 5.74) is 0. The topological polar surface area (TPSA) is 20.2 Å². The van der Waals surface area contributed by atoms with Crippen LogP contribution >= 0.6 is 39.0 Å². The van der Waals surface area contributed by atoms with Gasteiger partial charge >= 0.3 is 0 Å². The van der Waals surface area contributed by atoms with Crippen molar-refractivity contribution in [3.05, 3.63) is 20.8 Å². The molecule has 0 amide bonds. The summed E-state index contributed by atoms with van der Waals surface area (Å²) < 4.78 is 1.20. The van der Waals surface area contributed by atoms with Crippen molar-refractivity contribution in [3.8, 4) is 0 Å². The molecule has 2 unspecified atom stereocenters. The Kier molecular flexibility index (Phi) is 3.35. The minimum atomic E-state index is -0.0981. The predicted molar refractivity (Wildman–Crippen MR) is 62.5 cm³/mol. The molecule has 1 aliphatic rings. The molecule has 1 nitrogen and oxygen atoms in total. The minimum absolute atomic E-state index is 0.0981. The number of hydrogen-bond donors (Lipinski definition) is 1. The van der Waals surface area contributed by atoms with Crippen LogP contribution < -0.4 is 0 Å². The maximum atomic E-state index is 9.65. The Labute approximate surface area is 94.7 Å². The molecular formula is C9H11BrOS2. The Morgan fingerprint density at radius 3 is 2.92 bits per heavy atom. The maximum absolute atomic E-state index is 9.65. The Morgan fingerprint density at radius 2 is 2.38 bits per heavy atom. The molecule has 1 saturated heterocycles. The number of thioether (sulfide) groups is 1. The van der Waals surface area contributed by atoms with E-state index in [0.29, 0.717) is 5.92 Å². The Hall–Kier alpha value is 0.490. The summed E-state index contributed by atoms with van der Waals surface area (Å²) in [7, 11) is 0. The van der Waals surface area contributed by atoms with E-state index in [9.17, 15) is 5.11 Å². The third-order valence-electron chi connectivity index (χ3n) is 2.30. The van der Waals surface area contributed by atoms with Crippen LogP contribution in [0, 0.1) is 5.92 Å². The second-order valence-corrected chi connectivity index (χ2v) is 6.19. The predicted octanol–water partition coefficient (Wildman–Crippen LogP) is 2.78. The van der Waals surface area contributed by atoms with Crippen LogP contribution in [0.4, 0.5) is 0 Å².